The molecule has 10 heteroatoms. The number of hydrogen-bond donors (Lipinski definition) is 1. The molecule has 0 radical (unpaired) electrons. The lowest BCUT2D eigenvalue weighted by molar-refractivity contribution is -0.134. The lowest BCUT2D eigenvalue weighted by Crippen LogP contribution is -2.36. The minimum Gasteiger partial charge on any atom is -0.349 e. The van der Waals surface area contributed by atoms with E-state index in [0.717, 1.165) is 36.7 Å². The average Bonchev–Trinajstić information content (AvgIpc) is 3.23. The minimum absolute atomic E-state index is 0.0483. The third kappa shape index (κ3) is 3.90. The van der Waals surface area contributed by atoms with Crippen LogP contribution in [0.5, 0.6) is 0 Å². The number of carbonyl (C=O) groups excluding carboxylic acids is 2. The van der Waals surface area contributed by atoms with Crippen molar-refractivity contribution >= 4 is 23.2 Å². The fraction of sp³-hybridized carbons (Fsp3) is 0.526. The number of imidazole rings is 1. The first-order valence-corrected chi connectivity index (χ1v) is 10.3. The molecule has 2 aromatic heterocycles. The molecule has 2 aliphatic rings. The Labute approximate surface area is 169 Å². The highest BCUT2D eigenvalue weighted by molar-refractivity contribution is 7.14. The molecule has 4 rings (SSSR count). The molecule has 1 saturated carbocycles. The molecule has 3 heterocycles. The number of nitrogens with zero attached hydrogens (tertiary/aromatic N) is 3. The lowest BCUT2D eigenvalue weighted by atomic mass is 9.85. The molecule has 0 unspecified atom stereocenters. The Balaban J connectivity index is 1.44. The summed E-state index contributed by atoms with van der Waals surface area (Å²) in [5.74, 6) is 0.460. The van der Waals surface area contributed by atoms with Gasteiger partial charge in [0.2, 0.25) is 5.91 Å². The first kappa shape index (κ1) is 19.9. The zero-order valence-electron chi connectivity index (χ0n) is 15.9. The van der Waals surface area contributed by atoms with Gasteiger partial charge in [-0.2, -0.15) is 13.2 Å². The highest BCUT2D eigenvalue weighted by Crippen LogP contribution is 2.35. The van der Waals surface area contributed by atoms with E-state index in [1.54, 1.807) is 4.90 Å². The number of alkyl halides is 3. The maximum absolute atomic E-state index is 12.8. The number of hydrogen-bond acceptors (Lipinski definition) is 4. The Kier molecular flexibility index (Phi) is 5.14. The summed E-state index contributed by atoms with van der Waals surface area (Å²) in [4.78, 5) is 30.2. The van der Waals surface area contributed by atoms with Crippen molar-refractivity contribution in [3.63, 3.8) is 0 Å². The van der Waals surface area contributed by atoms with Gasteiger partial charge in [0.1, 0.15) is 10.7 Å². The van der Waals surface area contributed by atoms with Crippen LogP contribution in [-0.2, 0) is 37.5 Å². The summed E-state index contributed by atoms with van der Waals surface area (Å²) in [5, 5.41) is 2.92. The second-order valence-electron chi connectivity index (χ2n) is 7.46. The van der Waals surface area contributed by atoms with Gasteiger partial charge in [-0.3, -0.25) is 9.59 Å². The van der Waals surface area contributed by atoms with Gasteiger partial charge in [-0.1, -0.05) is 6.42 Å². The van der Waals surface area contributed by atoms with Crippen molar-refractivity contribution in [3.05, 3.63) is 39.1 Å². The highest BCUT2D eigenvalue weighted by Gasteiger charge is 2.34. The van der Waals surface area contributed by atoms with Gasteiger partial charge in [-0.15, -0.1) is 11.3 Å². The van der Waals surface area contributed by atoms with Crippen molar-refractivity contribution < 1.29 is 22.8 Å². The summed E-state index contributed by atoms with van der Waals surface area (Å²) in [7, 11) is 1.83. The Morgan fingerprint density at radius 2 is 2.07 bits per heavy atom. The van der Waals surface area contributed by atoms with Crippen LogP contribution in [0.4, 0.5) is 13.2 Å². The van der Waals surface area contributed by atoms with E-state index in [1.165, 1.54) is 6.07 Å². The first-order valence-electron chi connectivity index (χ1n) is 9.51. The smallest absolute Gasteiger partial charge is 0.349 e. The standard InChI is InChI=1S/C19H21F3N4O2S/c1-25-13-10-26(18(28)14-5-6-15(29-14)19(20,21)22)8-7-12(13)24-16(25)9-23-17(27)11-3-2-4-11/h5-6,11H,2-4,7-10H2,1H3,(H,23,27). The Morgan fingerprint density at radius 3 is 2.69 bits per heavy atom. The third-order valence-electron chi connectivity index (χ3n) is 5.63. The SMILES string of the molecule is Cn1c(CNC(=O)C2CCC2)nc2c1CN(C(=O)c1ccc(C(F)(F)F)s1)CC2. The predicted molar refractivity (Wildman–Crippen MR) is 100 cm³/mol. The molecule has 0 saturated heterocycles. The topological polar surface area (TPSA) is 67.2 Å². The van der Waals surface area contributed by atoms with Crippen LogP contribution in [0.15, 0.2) is 12.1 Å². The number of nitrogens with one attached hydrogen (secondary N) is 1. The molecule has 1 aliphatic carbocycles. The second kappa shape index (κ2) is 7.47. The van der Waals surface area contributed by atoms with Crippen molar-refractivity contribution in [1.82, 2.24) is 19.8 Å². The Morgan fingerprint density at radius 1 is 1.31 bits per heavy atom. The van der Waals surface area contributed by atoms with Crippen molar-refractivity contribution in [2.45, 2.75) is 44.9 Å². The van der Waals surface area contributed by atoms with Gasteiger partial charge in [0.15, 0.2) is 0 Å². The van der Waals surface area contributed by atoms with Gasteiger partial charge in [0.05, 0.1) is 29.4 Å². The van der Waals surface area contributed by atoms with E-state index in [1.807, 2.05) is 11.6 Å². The molecule has 156 valence electrons. The quantitative estimate of drug-likeness (QED) is 0.817. The van der Waals surface area contributed by atoms with Gasteiger partial charge in [0, 0.05) is 25.9 Å². The van der Waals surface area contributed by atoms with E-state index in [-0.39, 0.29) is 23.2 Å². The summed E-state index contributed by atoms with van der Waals surface area (Å²) in [5.41, 5.74) is 1.72. The van der Waals surface area contributed by atoms with E-state index < -0.39 is 17.0 Å². The molecule has 0 aromatic carbocycles. The van der Waals surface area contributed by atoms with Crippen LogP contribution < -0.4 is 5.32 Å². The predicted octanol–water partition coefficient (Wildman–Crippen LogP) is 3.12. The largest absolute Gasteiger partial charge is 0.425 e. The van der Waals surface area contributed by atoms with E-state index in [0.29, 0.717) is 36.7 Å². The zero-order chi connectivity index (χ0) is 20.8. The third-order valence-corrected chi connectivity index (χ3v) is 6.75. The minimum atomic E-state index is -4.45. The van der Waals surface area contributed by atoms with E-state index >= 15 is 0 Å². The highest BCUT2D eigenvalue weighted by atomic mass is 32.1. The normalized spacial score (nSPS) is 17.0. The molecule has 1 N–H and O–H groups in total. The zero-order valence-corrected chi connectivity index (χ0v) is 16.7. The Hall–Kier alpha value is -2.36. The second-order valence-corrected chi connectivity index (χ2v) is 8.55. The summed E-state index contributed by atoms with van der Waals surface area (Å²) >= 11 is 0.468. The molecule has 0 spiro atoms. The van der Waals surface area contributed by atoms with Crippen LogP contribution >= 0.6 is 11.3 Å². The fourth-order valence-electron chi connectivity index (χ4n) is 3.62. The molecule has 0 atom stereocenters. The average molecular weight is 426 g/mol. The van der Waals surface area contributed by atoms with Gasteiger partial charge in [-0.25, -0.2) is 4.98 Å². The van der Waals surface area contributed by atoms with Crippen LogP contribution in [0.3, 0.4) is 0 Å². The lowest BCUT2D eigenvalue weighted by Gasteiger charge is -2.26. The summed E-state index contributed by atoms with van der Waals surface area (Å²) in [6.45, 7) is 1.01. The molecule has 6 nitrogen and oxygen atoms in total. The van der Waals surface area contributed by atoms with Gasteiger partial charge in [0.25, 0.3) is 5.91 Å². The molecule has 1 aliphatic heterocycles. The molecule has 1 fully saturated rings. The van der Waals surface area contributed by atoms with Crippen molar-refractivity contribution in [3.8, 4) is 0 Å². The number of amides is 2. The number of fused-ring (bicyclic) bond motifs is 1. The molecular weight excluding hydrogens is 405 g/mol. The maximum atomic E-state index is 12.8. The van der Waals surface area contributed by atoms with Crippen molar-refractivity contribution in [2.75, 3.05) is 6.54 Å². The number of carbonyl (C=O) groups is 2. The van der Waals surface area contributed by atoms with Gasteiger partial charge in [-0.05, 0) is 25.0 Å². The summed E-state index contributed by atoms with van der Waals surface area (Å²) in [6, 6.07) is 2.18. The number of thiophene rings is 1. The van der Waals surface area contributed by atoms with Crippen LogP contribution in [0, 0.1) is 5.92 Å². The Bertz CT molecular complexity index is 946. The van der Waals surface area contributed by atoms with E-state index in [4.69, 9.17) is 0 Å². The van der Waals surface area contributed by atoms with Crippen molar-refractivity contribution in [1.29, 1.82) is 0 Å². The monoisotopic (exact) mass is 426 g/mol. The number of aromatic nitrogens is 2. The van der Waals surface area contributed by atoms with E-state index in [9.17, 15) is 22.8 Å². The van der Waals surface area contributed by atoms with Crippen molar-refractivity contribution in [2.24, 2.45) is 13.0 Å². The van der Waals surface area contributed by atoms with Gasteiger partial charge >= 0.3 is 6.18 Å². The molecule has 0 bridgehead atoms. The molecule has 2 aromatic rings. The number of rotatable bonds is 4. The first-order chi connectivity index (χ1) is 13.7. The van der Waals surface area contributed by atoms with E-state index in [2.05, 4.69) is 10.3 Å². The summed E-state index contributed by atoms with van der Waals surface area (Å²) in [6.07, 6.45) is -0.965. The molecular formula is C19H21F3N4O2S. The number of halogens is 3. The molecule has 29 heavy (non-hydrogen) atoms. The van der Waals surface area contributed by atoms with Gasteiger partial charge < -0.3 is 14.8 Å². The summed E-state index contributed by atoms with van der Waals surface area (Å²) < 4.78 is 40.3. The van der Waals surface area contributed by atoms with Crippen LogP contribution in [-0.4, -0.2) is 32.8 Å². The fourth-order valence-corrected chi connectivity index (χ4v) is 4.46. The van der Waals surface area contributed by atoms with Crippen LogP contribution in [0.2, 0.25) is 0 Å². The molecule has 2 amide bonds. The van der Waals surface area contributed by atoms with Crippen LogP contribution in [0.25, 0.3) is 0 Å². The van der Waals surface area contributed by atoms with Crippen LogP contribution in [0.1, 0.15) is 51.0 Å². The maximum Gasteiger partial charge on any atom is 0.425 e.